The molecule has 0 saturated heterocycles. The minimum absolute atomic E-state index is 0.0349. The second-order valence-electron chi connectivity index (χ2n) is 5.40. The molecule has 8 heteroatoms. The van der Waals surface area contributed by atoms with Crippen molar-refractivity contribution in [1.29, 1.82) is 0 Å². The maximum atomic E-state index is 12.0. The number of aromatic nitrogens is 3. The molecule has 4 aromatic rings. The summed E-state index contributed by atoms with van der Waals surface area (Å²) in [5.41, 5.74) is 2.99. The number of hydrogen-bond acceptors (Lipinski definition) is 5. The molecule has 5 nitrogen and oxygen atoms in total. The van der Waals surface area contributed by atoms with Crippen molar-refractivity contribution < 1.29 is 4.79 Å². The molecule has 0 atom stereocenters. The smallest absolute Gasteiger partial charge is 0.226 e. The van der Waals surface area contributed by atoms with Crippen molar-refractivity contribution in [2.24, 2.45) is 0 Å². The molecule has 4 rings (SSSR count). The van der Waals surface area contributed by atoms with Crippen LogP contribution in [0.15, 0.2) is 47.4 Å². The van der Waals surface area contributed by atoms with Gasteiger partial charge in [0.05, 0.1) is 5.69 Å². The number of carbonyl (C=O) groups excluding carboxylic acids is 1. The number of anilines is 1. The van der Waals surface area contributed by atoms with E-state index in [0.717, 1.165) is 21.9 Å². The highest BCUT2D eigenvalue weighted by Crippen LogP contribution is 2.25. The van der Waals surface area contributed by atoms with E-state index in [1.165, 1.54) is 11.3 Å². The molecule has 1 amide bonds. The van der Waals surface area contributed by atoms with Gasteiger partial charge in [-0.05, 0) is 18.6 Å². The molecule has 0 aliphatic rings. The van der Waals surface area contributed by atoms with E-state index in [-0.39, 0.29) is 5.91 Å². The molecule has 1 N–H and O–H groups in total. The van der Waals surface area contributed by atoms with Crippen LogP contribution in [0.2, 0.25) is 5.02 Å². The van der Waals surface area contributed by atoms with Crippen LogP contribution >= 0.6 is 34.3 Å². The highest BCUT2D eigenvalue weighted by atomic mass is 35.5. The number of halogens is 1. The summed E-state index contributed by atoms with van der Waals surface area (Å²) in [6.07, 6.45) is 4.73. The Morgan fingerprint density at radius 2 is 2.08 bits per heavy atom. The summed E-state index contributed by atoms with van der Waals surface area (Å²) in [6.45, 7) is 0. The highest BCUT2D eigenvalue weighted by molar-refractivity contribution is 7.15. The fraction of sp³-hybridized carbons (Fsp3) is 0.118. The molecule has 3 aromatic heterocycles. The predicted octanol–water partition coefficient (Wildman–Crippen LogP) is 4.74. The van der Waals surface area contributed by atoms with Crippen molar-refractivity contribution in [1.82, 2.24) is 14.4 Å². The lowest BCUT2D eigenvalue weighted by Crippen LogP contribution is -2.12. The van der Waals surface area contributed by atoms with Crippen LogP contribution < -0.4 is 5.32 Å². The average Bonchev–Trinajstić information content (AvgIpc) is 3.31. The van der Waals surface area contributed by atoms with Crippen LogP contribution in [0, 0.1) is 0 Å². The van der Waals surface area contributed by atoms with E-state index in [1.54, 1.807) is 17.5 Å². The van der Waals surface area contributed by atoms with E-state index < -0.39 is 0 Å². The van der Waals surface area contributed by atoms with Crippen LogP contribution in [0.5, 0.6) is 0 Å². The lowest BCUT2D eigenvalue weighted by Gasteiger charge is -2.01. The summed E-state index contributed by atoms with van der Waals surface area (Å²) in [6, 6.07) is 7.62. The number of hydrogen-bond donors (Lipinski definition) is 1. The van der Waals surface area contributed by atoms with Gasteiger partial charge in [0.1, 0.15) is 0 Å². The Balaban J connectivity index is 1.48. The molecule has 1 aromatic carbocycles. The monoisotopic (exact) mass is 388 g/mol. The Hall–Kier alpha value is -2.22. The molecule has 0 aliphatic carbocycles. The number of imidazole rings is 1. The largest absolute Gasteiger partial charge is 0.302 e. The number of nitrogens with zero attached hydrogens (tertiary/aromatic N) is 3. The normalized spacial score (nSPS) is 11.1. The lowest BCUT2D eigenvalue weighted by molar-refractivity contribution is -0.116. The van der Waals surface area contributed by atoms with Crippen LogP contribution in [0.4, 0.5) is 5.13 Å². The van der Waals surface area contributed by atoms with E-state index in [4.69, 9.17) is 11.6 Å². The van der Waals surface area contributed by atoms with Gasteiger partial charge in [-0.15, -0.1) is 22.7 Å². The second kappa shape index (κ2) is 6.95. The first-order valence-corrected chi connectivity index (χ1v) is 9.73. The van der Waals surface area contributed by atoms with Crippen molar-refractivity contribution in [3.63, 3.8) is 0 Å². The summed E-state index contributed by atoms with van der Waals surface area (Å²) < 4.78 is 2.05. The summed E-state index contributed by atoms with van der Waals surface area (Å²) in [5, 5.41) is 8.02. The van der Waals surface area contributed by atoms with Gasteiger partial charge in [0.15, 0.2) is 10.1 Å². The fourth-order valence-electron chi connectivity index (χ4n) is 2.48. The third kappa shape index (κ3) is 3.58. The molecular formula is C17H13ClN4OS2. The zero-order valence-electron chi connectivity index (χ0n) is 13.0. The third-order valence-corrected chi connectivity index (χ3v) is 5.54. The zero-order valence-corrected chi connectivity index (χ0v) is 15.4. The van der Waals surface area contributed by atoms with Gasteiger partial charge >= 0.3 is 0 Å². The van der Waals surface area contributed by atoms with Crippen LogP contribution in [-0.2, 0) is 11.2 Å². The van der Waals surface area contributed by atoms with Gasteiger partial charge < -0.3 is 5.32 Å². The van der Waals surface area contributed by atoms with Gasteiger partial charge in [-0.2, -0.15) is 0 Å². The van der Waals surface area contributed by atoms with Gasteiger partial charge in [-0.25, -0.2) is 9.97 Å². The maximum Gasteiger partial charge on any atom is 0.226 e. The van der Waals surface area contributed by atoms with Crippen molar-refractivity contribution in [2.45, 2.75) is 12.8 Å². The summed E-state index contributed by atoms with van der Waals surface area (Å²) in [5.74, 6) is -0.0349. The van der Waals surface area contributed by atoms with Crippen LogP contribution in [0.1, 0.15) is 12.1 Å². The third-order valence-electron chi connectivity index (χ3n) is 3.71. The van der Waals surface area contributed by atoms with Gasteiger partial charge in [-0.3, -0.25) is 9.20 Å². The second-order valence-corrected chi connectivity index (χ2v) is 7.57. The Kier molecular flexibility index (Phi) is 4.52. The Bertz CT molecular complexity index is 1010. The predicted molar refractivity (Wildman–Crippen MR) is 103 cm³/mol. The van der Waals surface area contributed by atoms with Crippen molar-refractivity contribution >= 4 is 50.3 Å². The van der Waals surface area contributed by atoms with Gasteiger partial charge in [0.25, 0.3) is 0 Å². The standard InChI is InChI=1S/C17H13ClN4OS2/c18-12-3-1-11(2-4-12)14-9-22-13(10-25-17(22)20-14)5-6-15(23)21-16-19-7-8-24-16/h1-4,7-10H,5-6H2,(H,19,21,23). The number of rotatable bonds is 5. The molecular weight excluding hydrogens is 376 g/mol. The molecule has 126 valence electrons. The molecule has 3 heterocycles. The first-order valence-electron chi connectivity index (χ1n) is 7.60. The van der Waals surface area contributed by atoms with E-state index in [2.05, 4.69) is 15.3 Å². The number of carbonyl (C=O) groups is 1. The van der Waals surface area contributed by atoms with Crippen LogP contribution in [0.3, 0.4) is 0 Å². The Morgan fingerprint density at radius 1 is 1.24 bits per heavy atom. The van der Waals surface area contributed by atoms with Crippen molar-refractivity contribution in [3.8, 4) is 11.3 Å². The maximum absolute atomic E-state index is 12.0. The molecule has 0 spiro atoms. The van der Waals surface area contributed by atoms with Gasteiger partial charge in [0, 0.05) is 45.9 Å². The minimum Gasteiger partial charge on any atom is -0.302 e. The molecule has 0 radical (unpaired) electrons. The van der Waals surface area contributed by atoms with E-state index in [1.807, 2.05) is 45.6 Å². The van der Waals surface area contributed by atoms with Crippen molar-refractivity contribution in [3.05, 3.63) is 58.1 Å². The number of aryl methyl sites for hydroxylation is 1. The SMILES string of the molecule is O=C(CCc1csc2nc(-c3ccc(Cl)cc3)cn12)Nc1nccs1. The molecule has 0 unspecified atom stereocenters. The van der Waals surface area contributed by atoms with Gasteiger partial charge in [-0.1, -0.05) is 23.7 Å². The quantitative estimate of drug-likeness (QED) is 0.537. The summed E-state index contributed by atoms with van der Waals surface area (Å²) in [7, 11) is 0. The van der Waals surface area contributed by atoms with Crippen LogP contribution in [0.25, 0.3) is 16.2 Å². The molecule has 25 heavy (non-hydrogen) atoms. The molecule has 0 aliphatic heterocycles. The molecule has 0 saturated carbocycles. The molecule has 0 bridgehead atoms. The molecule has 0 fully saturated rings. The first-order chi connectivity index (χ1) is 12.2. The minimum atomic E-state index is -0.0349. The average molecular weight is 389 g/mol. The number of benzene rings is 1. The topological polar surface area (TPSA) is 59.3 Å². The van der Waals surface area contributed by atoms with E-state index >= 15 is 0 Å². The number of amides is 1. The fourth-order valence-corrected chi connectivity index (χ4v) is 4.06. The number of fused-ring (bicyclic) bond motifs is 1. The summed E-state index contributed by atoms with van der Waals surface area (Å²) >= 11 is 8.93. The van der Waals surface area contributed by atoms with E-state index in [0.29, 0.717) is 23.0 Å². The first kappa shape index (κ1) is 16.3. The summed E-state index contributed by atoms with van der Waals surface area (Å²) in [4.78, 5) is 21.6. The lowest BCUT2D eigenvalue weighted by atomic mass is 10.2. The van der Waals surface area contributed by atoms with Gasteiger partial charge in [0.2, 0.25) is 5.91 Å². The van der Waals surface area contributed by atoms with E-state index in [9.17, 15) is 4.79 Å². The highest BCUT2D eigenvalue weighted by Gasteiger charge is 2.11. The Morgan fingerprint density at radius 3 is 2.84 bits per heavy atom. The Labute approximate surface area is 156 Å². The van der Waals surface area contributed by atoms with Crippen LogP contribution in [-0.4, -0.2) is 20.3 Å². The number of nitrogens with one attached hydrogen (secondary N) is 1. The number of thiazole rings is 2. The van der Waals surface area contributed by atoms with Crippen molar-refractivity contribution in [2.75, 3.05) is 5.32 Å². The zero-order chi connectivity index (χ0) is 17.2.